The number of benzene rings is 1. The van der Waals surface area contributed by atoms with E-state index in [9.17, 15) is 14.4 Å². The number of aromatic nitrogens is 1. The van der Waals surface area contributed by atoms with Crippen LogP contribution in [0.4, 0.5) is 0 Å². The van der Waals surface area contributed by atoms with Crippen molar-refractivity contribution < 1.29 is 23.8 Å². The number of carboxylic acids is 1. The monoisotopic (exact) mass is 416 g/mol. The summed E-state index contributed by atoms with van der Waals surface area (Å²) in [6, 6.07) is 3.64. The van der Waals surface area contributed by atoms with E-state index in [0.29, 0.717) is 28.0 Å². The molecule has 2 N–H and O–H groups in total. The Morgan fingerprint density at radius 1 is 1.34 bits per heavy atom. The van der Waals surface area contributed by atoms with E-state index < -0.39 is 17.9 Å². The number of carboxylic acid groups (broad SMARTS) is 1. The molecule has 2 aromatic heterocycles. The van der Waals surface area contributed by atoms with E-state index in [1.54, 1.807) is 31.4 Å². The molecule has 0 spiro atoms. The standard InChI is InChI=1S/C20H20N2O6S/c1-10(2)18(20(25)26)22-17(23)8-27-12-4-5-13-16(6-12)28-7-14(19(13)24)15-9-29-11(3)21-15/h4-7,9-10,18H,8H2,1-3H3,(H,22,23)(H,25,26)/t18-/m0/s1. The molecule has 29 heavy (non-hydrogen) atoms. The predicted octanol–water partition coefficient (Wildman–Crippen LogP) is 2.83. The normalized spacial score (nSPS) is 12.1. The van der Waals surface area contributed by atoms with Gasteiger partial charge >= 0.3 is 5.97 Å². The van der Waals surface area contributed by atoms with E-state index in [1.165, 1.54) is 23.7 Å². The summed E-state index contributed by atoms with van der Waals surface area (Å²) in [7, 11) is 0. The number of carbonyl (C=O) groups excluding carboxylic acids is 1. The van der Waals surface area contributed by atoms with Gasteiger partial charge in [-0.3, -0.25) is 9.59 Å². The van der Waals surface area contributed by atoms with Crippen molar-refractivity contribution in [1.82, 2.24) is 10.3 Å². The number of hydrogen-bond donors (Lipinski definition) is 2. The summed E-state index contributed by atoms with van der Waals surface area (Å²) in [5.41, 5.74) is 1.05. The Morgan fingerprint density at radius 3 is 2.72 bits per heavy atom. The van der Waals surface area contributed by atoms with Crippen molar-refractivity contribution in [2.45, 2.75) is 26.8 Å². The topological polar surface area (TPSA) is 119 Å². The number of hydrogen-bond acceptors (Lipinski definition) is 7. The summed E-state index contributed by atoms with van der Waals surface area (Å²) in [4.78, 5) is 40.2. The first-order valence-electron chi connectivity index (χ1n) is 8.89. The number of ether oxygens (including phenoxy) is 1. The first-order chi connectivity index (χ1) is 13.8. The highest BCUT2D eigenvalue weighted by Crippen LogP contribution is 2.24. The highest BCUT2D eigenvalue weighted by Gasteiger charge is 2.23. The Labute approximate surface area is 170 Å². The van der Waals surface area contributed by atoms with E-state index in [0.717, 1.165) is 5.01 Å². The number of rotatable bonds is 7. The lowest BCUT2D eigenvalue weighted by molar-refractivity contribution is -0.143. The fraction of sp³-hybridized carbons (Fsp3) is 0.300. The van der Waals surface area contributed by atoms with Crippen LogP contribution in [-0.4, -0.2) is 34.6 Å². The predicted molar refractivity (Wildman–Crippen MR) is 108 cm³/mol. The molecular weight excluding hydrogens is 396 g/mol. The molecule has 0 aliphatic rings. The quantitative estimate of drug-likeness (QED) is 0.608. The van der Waals surface area contributed by atoms with Crippen molar-refractivity contribution in [2.75, 3.05) is 6.61 Å². The second kappa shape index (κ2) is 8.44. The van der Waals surface area contributed by atoms with Crippen LogP contribution in [0.25, 0.3) is 22.2 Å². The van der Waals surface area contributed by atoms with Gasteiger partial charge in [0.2, 0.25) is 5.43 Å². The number of nitrogens with one attached hydrogen (secondary N) is 1. The van der Waals surface area contributed by atoms with Gasteiger partial charge in [-0.15, -0.1) is 11.3 Å². The molecule has 2 heterocycles. The van der Waals surface area contributed by atoms with Gasteiger partial charge < -0.3 is 19.6 Å². The zero-order valence-corrected chi connectivity index (χ0v) is 16.9. The van der Waals surface area contributed by atoms with Gasteiger partial charge in [-0.2, -0.15) is 0 Å². The van der Waals surface area contributed by atoms with Crippen LogP contribution in [0.3, 0.4) is 0 Å². The molecule has 0 aliphatic heterocycles. The molecule has 8 nitrogen and oxygen atoms in total. The fourth-order valence-corrected chi connectivity index (χ4v) is 3.35. The third-order valence-electron chi connectivity index (χ3n) is 4.26. The summed E-state index contributed by atoms with van der Waals surface area (Å²) >= 11 is 1.45. The van der Waals surface area contributed by atoms with Crippen LogP contribution >= 0.6 is 11.3 Å². The number of aryl methyl sites for hydroxylation is 1. The lowest BCUT2D eigenvalue weighted by Crippen LogP contribution is -2.46. The molecule has 0 fully saturated rings. The number of carbonyl (C=O) groups is 2. The second-order valence-corrected chi connectivity index (χ2v) is 7.87. The molecule has 1 aromatic carbocycles. The molecule has 1 atom stereocenters. The Bertz CT molecular complexity index is 1120. The summed E-state index contributed by atoms with van der Waals surface area (Å²) in [6.07, 6.45) is 1.36. The molecule has 3 aromatic rings. The Kier molecular flexibility index (Phi) is 5.97. The van der Waals surface area contributed by atoms with E-state index in [2.05, 4.69) is 10.3 Å². The highest BCUT2D eigenvalue weighted by atomic mass is 32.1. The molecule has 152 valence electrons. The minimum absolute atomic E-state index is 0.206. The molecule has 0 unspecified atom stereocenters. The van der Waals surface area contributed by atoms with Crippen molar-refractivity contribution in [3.8, 4) is 17.0 Å². The van der Waals surface area contributed by atoms with E-state index in [-0.39, 0.29) is 18.0 Å². The van der Waals surface area contributed by atoms with Gasteiger partial charge in [-0.1, -0.05) is 13.8 Å². The molecular formula is C20H20N2O6S. The summed E-state index contributed by atoms with van der Waals surface area (Å²) < 4.78 is 11.0. The zero-order valence-electron chi connectivity index (χ0n) is 16.1. The van der Waals surface area contributed by atoms with E-state index >= 15 is 0 Å². The van der Waals surface area contributed by atoms with E-state index in [4.69, 9.17) is 14.3 Å². The third-order valence-corrected chi connectivity index (χ3v) is 5.03. The van der Waals surface area contributed by atoms with Crippen molar-refractivity contribution in [1.29, 1.82) is 0 Å². The average molecular weight is 416 g/mol. The highest BCUT2D eigenvalue weighted by molar-refractivity contribution is 7.09. The molecule has 0 radical (unpaired) electrons. The van der Waals surface area contributed by atoms with E-state index in [1.807, 2.05) is 6.92 Å². The third kappa shape index (κ3) is 4.62. The first-order valence-corrected chi connectivity index (χ1v) is 9.77. The number of amides is 1. The van der Waals surface area contributed by atoms with Crippen LogP contribution in [-0.2, 0) is 9.59 Å². The minimum atomic E-state index is -1.10. The summed E-state index contributed by atoms with van der Waals surface area (Å²) in [5.74, 6) is -1.60. The number of thiazole rings is 1. The summed E-state index contributed by atoms with van der Waals surface area (Å²) in [6.45, 7) is 4.90. The molecule has 3 rings (SSSR count). The van der Waals surface area contributed by atoms with Gasteiger partial charge in [0.1, 0.15) is 23.6 Å². The molecule has 0 aliphatic carbocycles. The summed E-state index contributed by atoms with van der Waals surface area (Å²) in [5, 5.41) is 14.6. The first kappa shape index (κ1) is 20.5. The largest absolute Gasteiger partial charge is 0.484 e. The van der Waals surface area contributed by atoms with Crippen molar-refractivity contribution in [2.24, 2.45) is 5.92 Å². The van der Waals surface area contributed by atoms with Crippen LogP contribution in [0.5, 0.6) is 5.75 Å². The van der Waals surface area contributed by atoms with Gasteiger partial charge in [0, 0.05) is 11.4 Å². The van der Waals surface area contributed by atoms with Crippen LogP contribution < -0.4 is 15.5 Å². The lowest BCUT2D eigenvalue weighted by Gasteiger charge is -2.18. The Morgan fingerprint density at radius 2 is 2.10 bits per heavy atom. The van der Waals surface area contributed by atoms with Gasteiger partial charge in [-0.25, -0.2) is 9.78 Å². The maximum Gasteiger partial charge on any atom is 0.326 e. The van der Waals surface area contributed by atoms with Crippen molar-refractivity contribution in [3.05, 3.63) is 45.1 Å². The molecule has 0 bridgehead atoms. The van der Waals surface area contributed by atoms with Crippen LogP contribution in [0, 0.1) is 12.8 Å². The van der Waals surface area contributed by atoms with Gasteiger partial charge in [-0.05, 0) is 25.0 Å². The zero-order chi connectivity index (χ0) is 21.1. The second-order valence-electron chi connectivity index (χ2n) is 6.80. The number of aliphatic carboxylic acids is 1. The Balaban J connectivity index is 1.74. The van der Waals surface area contributed by atoms with Crippen molar-refractivity contribution in [3.63, 3.8) is 0 Å². The van der Waals surface area contributed by atoms with Gasteiger partial charge in [0.15, 0.2) is 6.61 Å². The maximum absolute atomic E-state index is 12.7. The number of fused-ring (bicyclic) bond motifs is 1. The smallest absolute Gasteiger partial charge is 0.326 e. The average Bonchev–Trinajstić information content (AvgIpc) is 3.10. The van der Waals surface area contributed by atoms with Crippen LogP contribution in [0.15, 0.2) is 39.1 Å². The molecule has 1 amide bonds. The van der Waals surface area contributed by atoms with Crippen LogP contribution in [0.1, 0.15) is 18.9 Å². The van der Waals surface area contributed by atoms with Gasteiger partial charge in [0.25, 0.3) is 5.91 Å². The molecule has 9 heteroatoms. The lowest BCUT2D eigenvalue weighted by atomic mass is 10.1. The minimum Gasteiger partial charge on any atom is -0.484 e. The Hall–Kier alpha value is -3.20. The van der Waals surface area contributed by atoms with Gasteiger partial charge in [0.05, 0.1) is 21.7 Å². The number of nitrogens with zero attached hydrogens (tertiary/aromatic N) is 1. The van der Waals surface area contributed by atoms with Crippen LogP contribution in [0.2, 0.25) is 0 Å². The van der Waals surface area contributed by atoms with Crippen molar-refractivity contribution >= 4 is 34.2 Å². The SMILES string of the molecule is Cc1nc(-c2coc3cc(OCC(=O)N[C@H](C(=O)O)C(C)C)ccc3c2=O)cs1. The molecule has 0 saturated heterocycles. The fourth-order valence-electron chi connectivity index (χ4n) is 2.74. The maximum atomic E-state index is 12.7. The molecule has 0 saturated carbocycles.